The third kappa shape index (κ3) is 3.88. The van der Waals surface area contributed by atoms with Crippen LogP contribution in [0.3, 0.4) is 0 Å². The molecule has 2 amide bonds. The van der Waals surface area contributed by atoms with Crippen molar-refractivity contribution in [3.63, 3.8) is 0 Å². The summed E-state index contributed by atoms with van der Waals surface area (Å²) >= 11 is 6.03. The number of halogens is 1. The summed E-state index contributed by atoms with van der Waals surface area (Å²) in [7, 11) is 0. The van der Waals surface area contributed by atoms with Crippen LogP contribution in [0.15, 0.2) is 48.7 Å². The third-order valence-electron chi connectivity index (χ3n) is 5.89. The van der Waals surface area contributed by atoms with E-state index in [-0.39, 0.29) is 18.4 Å². The molecule has 7 heteroatoms. The molecule has 6 nitrogen and oxygen atoms in total. The molecule has 1 spiro atoms. The van der Waals surface area contributed by atoms with Crippen molar-refractivity contribution in [2.45, 2.75) is 32.4 Å². The fraction of sp³-hybridized carbons (Fsp3) is 0.435. The van der Waals surface area contributed by atoms with E-state index in [2.05, 4.69) is 23.7 Å². The van der Waals surface area contributed by atoms with Gasteiger partial charge in [0.05, 0.1) is 13.1 Å². The molecular weight excluding hydrogens is 400 g/mol. The maximum Gasteiger partial charge on any atom is 0.250 e. The third-order valence-corrected chi connectivity index (χ3v) is 6.14. The van der Waals surface area contributed by atoms with E-state index in [4.69, 9.17) is 11.6 Å². The zero-order valence-electron chi connectivity index (χ0n) is 17.4. The Balaban J connectivity index is 1.67. The highest BCUT2D eigenvalue weighted by molar-refractivity contribution is 6.30. The molecule has 0 bridgehead atoms. The molecule has 2 fully saturated rings. The minimum absolute atomic E-state index is 0.00642. The van der Waals surface area contributed by atoms with Crippen LogP contribution in [0.1, 0.15) is 25.8 Å². The van der Waals surface area contributed by atoms with Crippen molar-refractivity contribution >= 4 is 29.2 Å². The van der Waals surface area contributed by atoms with Crippen LogP contribution in [0.2, 0.25) is 5.02 Å². The summed E-state index contributed by atoms with van der Waals surface area (Å²) in [6, 6.07) is 13.2. The Morgan fingerprint density at radius 3 is 2.57 bits per heavy atom. The molecule has 1 aromatic heterocycles. The Hall–Kier alpha value is -2.60. The minimum atomic E-state index is -0.874. The predicted molar refractivity (Wildman–Crippen MR) is 117 cm³/mol. The molecule has 2 aliphatic heterocycles. The number of rotatable bonds is 5. The highest BCUT2D eigenvalue weighted by atomic mass is 35.5. The first-order chi connectivity index (χ1) is 14.4. The normalized spacial score (nSPS) is 21.9. The molecule has 1 atom stereocenters. The number of amides is 2. The summed E-state index contributed by atoms with van der Waals surface area (Å²) in [6.45, 7) is 6.39. The molecule has 0 aliphatic carbocycles. The van der Waals surface area contributed by atoms with Gasteiger partial charge in [-0.15, -0.1) is 0 Å². The second-order valence-electron chi connectivity index (χ2n) is 8.58. The number of benzene rings is 1. The summed E-state index contributed by atoms with van der Waals surface area (Å²) in [5.74, 6) is 1.17. The van der Waals surface area contributed by atoms with Crippen LogP contribution in [-0.4, -0.2) is 58.3 Å². The molecule has 4 rings (SSSR count). The van der Waals surface area contributed by atoms with Gasteiger partial charge in [-0.25, -0.2) is 4.98 Å². The van der Waals surface area contributed by atoms with Crippen LogP contribution in [0.5, 0.6) is 0 Å². The lowest BCUT2D eigenvalue weighted by molar-refractivity contribution is -0.165. The Morgan fingerprint density at radius 2 is 1.90 bits per heavy atom. The molecule has 1 unspecified atom stereocenters. The Morgan fingerprint density at radius 1 is 1.13 bits per heavy atom. The molecule has 0 saturated carbocycles. The molecule has 2 aliphatic rings. The lowest BCUT2D eigenvalue weighted by Crippen LogP contribution is -2.69. The van der Waals surface area contributed by atoms with E-state index in [0.29, 0.717) is 43.5 Å². The number of piperazine rings is 1. The number of hydrogen-bond donors (Lipinski definition) is 0. The summed E-state index contributed by atoms with van der Waals surface area (Å²) < 4.78 is 0. The average molecular weight is 427 g/mol. The smallest absolute Gasteiger partial charge is 0.250 e. The SMILES string of the molecule is CC(C)CN1CC(=O)N(Cc2ccc(Cl)cc2)C2(CCN(c3ccccn3)C2)C1=O. The van der Waals surface area contributed by atoms with E-state index >= 15 is 0 Å². The molecule has 2 saturated heterocycles. The molecule has 0 radical (unpaired) electrons. The fourth-order valence-corrected chi connectivity index (χ4v) is 4.62. The monoisotopic (exact) mass is 426 g/mol. The van der Waals surface area contributed by atoms with Crippen molar-refractivity contribution in [3.05, 3.63) is 59.2 Å². The molecule has 2 aromatic rings. The van der Waals surface area contributed by atoms with Crippen LogP contribution in [0.4, 0.5) is 5.82 Å². The largest absolute Gasteiger partial charge is 0.354 e. The van der Waals surface area contributed by atoms with Crippen LogP contribution in [0.25, 0.3) is 0 Å². The second kappa shape index (κ2) is 8.26. The average Bonchev–Trinajstić information content (AvgIpc) is 3.17. The summed E-state index contributed by atoms with van der Waals surface area (Å²) in [4.78, 5) is 37.1. The number of anilines is 1. The van der Waals surface area contributed by atoms with Gasteiger partial charge in [0.25, 0.3) is 5.91 Å². The zero-order valence-corrected chi connectivity index (χ0v) is 18.2. The molecular formula is C23H27ClN4O2. The van der Waals surface area contributed by atoms with Crippen molar-refractivity contribution < 1.29 is 9.59 Å². The number of carbonyl (C=O) groups excluding carboxylic acids is 2. The number of nitrogens with zero attached hydrogens (tertiary/aromatic N) is 4. The van der Waals surface area contributed by atoms with Crippen molar-refractivity contribution in [2.75, 3.05) is 31.1 Å². The van der Waals surface area contributed by atoms with Crippen LogP contribution in [0, 0.1) is 5.92 Å². The predicted octanol–water partition coefficient (Wildman–Crippen LogP) is 3.21. The quantitative estimate of drug-likeness (QED) is 0.736. The Bertz CT molecular complexity index is 919. The number of carbonyl (C=O) groups is 2. The number of aromatic nitrogens is 1. The molecule has 1 aromatic carbocycles. The van der Waals surface area contributed by atoms with Gasteiger partial charge >= 0.3 is 0 Å². The van der Waals surface area contributed by atoms with Crippen LogP contribution < -0.4 is 4.90 Å². The van der Waals surface area contributed by atoms with Gasteiger partial charge in [-0.1, -0.05) is 43.6 Å². The van der Waals surface area contributed by atoms with Gasteiger partial charge in [-0.2, -0.15) is 0 Å². The maximum absolute atomic E-state index is 13.7. The van der Waals surface area contributed by atoms with E-state index < -0.39 is 5.54 Å². The van der Waals surface area contributed by atoms with E-state index in [1.165, 1.54) is 0 Å². The van der Waals surface area contributed by atoms with Crippen LogP contribution >= 0.6 is 11.6 Å². The standard InChI is InChI=1S/C23H27ClN4O2/c1-17(2)13-27-15-21(29)28(14-18-6-8-19(24)9-7-18)23(22(27)30)10-12-26(16-23)20-5-3-4-11-25-20/h3-9,11,17H,10,12-16H2,1-2H3. The summed E-state index contributed by atoms with van der Waals surface area (Å²) in [6.07, 6.45) is 2.35. The maximum atomic E-state index is 13.7. The van der Waals surface area contributed by atoms with Gasteiger partial charge in [0.2, 0.25) is 5.91 Å². The topological polar surface area (TPSA) is 56.8 Å². The van der Waals surface area contributed by atoms with Gasteiger partial charge in [0, 0.05) is 30.9 Å². The van der Waals surface area contributed by atoms with E-state index in [1.807, 2.05) is 42.5 Å². The van der Waals surface area contributed by atoms with Gasteiger partial charge in [-0.05, 0) is 42.2 Å². The molecule has 30 heavy (non-hydrogen) atoms. The summed E-state index contributed by atoms with van der Waals surface area (Å²) in [5, 5.41) is 0.653. The first-order valence-corrected chi connectivity index (χ1v) is 10.8. The van der Waals surface area contributed by atoms with Crippen molar-refractivity contribution in [3.8, 4) is 0 Å². The van der Waals surface area contributed by atoms with Gasteiger partial charge in [0.15, 0.2) is 0 Å². The van der Waals surface area contributed by atoms with Gasteiger partial charge in [-0.3, -0.25) is 9.59 Å². The zero-order chi connectivity index (χ0) is 21.3. The van der Waals surface area contributed by atoms with Crippen LogP contribution in [-0.2, 0) is 16.1 Å². The van der Waals surface area contributed by atoms with Crippen molar-refractivity contribution in [1.29, 1.82) is 0 Å². The highest BCUT2D eigenvalue weighted by Gasteiger charge is 2.56. The van der Waals surface area contributed by atoms with Gasteiger partial charge in [0.1, 0.15) is 11.4 Å². The minimum Gasteiger partial charge on any atom is -0.354 e. The Labute approximate surface area is 182 Å². The number of pyridine rings is 1. The van der Waals surface area contributed by atoms with Crippen molar-refractivity contribution in [2.24, 2.45) is 5.92 Å². The molecule has 0 N–H and O–H groups in total. The lowest BCUT2D eigenvalue weighted by atomic mass is 9.90. The number of hydrogen-bond acceptors (Lipinski definition) is 4. The first kappa shape index (κ1) is 20.7. The van der Waals surface area contributed by atoms with Gasteiger partial charge < -0.3 is 14.7 Å². The summed E-state index contributed by atoms with van der Waals surface area (Å²) in [5.41, 5.74) is 0.0926. The fourth-order valence-electron chi connectivity index (χ4n) is 4.49. The first-order valence-electron chi connectivity index (χ1n) is 10.4. The van der Waals surface area contributed by atoms with E-state index in [9.17, 15) is 9.59 Å². The second-order valence-corrected chi connectivity index (χ2v) is 9.01. The Kier molecular flexibility index (Phi) is 5.69. The lowest BCUT2D eigenvalue weighted by Gasteiger charge is -2.47. The molecule has 3 heterocycles. The molecule has 158 valence electrons. The highest BCUT2D eigenvalue weighted by Crippen LogP contribution is 2.36. The van der Waals surface area contributed by atoms with E-state index in [1.54, 1.807) is 16.0 Å². The van der Waals surface area contributed by atoms with E-state index in [0.717, 1.165) is 11.4 Å². The van der Waals surface area contributed by atoms with Crippen molar-refractivity contribution in [1.82, 2.24) is 14.8 Å².